The number of rotatable bonds is 3. The Morgan fingerprint density at radius 1 is 1.53 bits per heavy atom. The number of halogens is 1. The summed E-state index contributed by atoms with van der Waals surface area (Å²) in [7, 11) is 0. The van der Waals surface area contributed by atoms with Crippen molar-refractivity contribution in [1.82, 2.24) is 0 Å². The average Bonchev–Trinajstić information content (AvgIpc) is 2.22. The molecule has 0 spiro atoms. The zero-order valence-electron chi connectivity index (χ0n) is 8.33. The maximum Gasteiger partial charge on any atom is 0.228 e. The van der Waals surface area contributed by atoms with Crippen molar-refractivity contribution in [3.63, 3.8) is 0 Å². The molecule has 0 aromatic heterocycles. The third kappa shape index (κ3) is 3.39. The van der Waals surface area contributed by atoms with E-state index in [-0.39, 0.29) is 24.1 Å². The van der Waals surface area contributed by atoms with Crippen molar-refractivity contribution in [3.05, 3.63) is 30.1 Å². The summed E-state index contributed by atoms with van der Waals surface area (Å²) in [4.78, 5) is 11.4. The topological polar surface area (TPSA) is 52.9 Å². The lowest BCUT2D eigenvalue weighted by Gasteiger charge is -2.08. The summed E-state index contributed by atoms with van der Waals surface area (Å²) in [6.07, 6.45) is 0.174. The maximum atomic E-state index is 12.5. The Morgan fingerprint density at radius 3 is 2.67 bits per heavy atom. The van der Waals surface area contributed by atoms with E-state index in [9.17, 15) is 9.18 Å². The molecular formula is C11H11FN2O. The highest BCUT2D eigenvalue weighted by atomic mass is 19.1. The molecule has 1 atom stereocenters. The van der Waals surface area contributed by atoms with E-state index in [1.807, 2.05) is 6.07 Å². The summed E-state index contributed by atoms with van der Waals surface area (Å²) in [6.45, 7) is 1.67. The SMILES string of the molecule is CC(CC#N)C(=O)Nc1ccc(F)cc1. The predicted octanol–water partition coefficient (Wildman–Crippen LogP) is 2.31. The molecule has 0 heterocycles. The summed E-state index contributed by atoms with van der Waals surface area (Å²) in [6, 6.07) is 7.42. The molecule has 0 saturated heterocycles. The first-order chi connectivity index (χ1) is 7.13. The van der Waals surface area contributed by atoms with Crippen LogP contribution in [0.2, 0.25) is 0 Å². The standard InChI is InChI=1S/C11H11FN2O/c1-8(6-7-13)11(15)14-10-4-2-9(12)3-5-10/h2-5,8H,6H2,1H3,(H,14,15). The van der Waals surface area contributed by atoms with E-state index in [0.717, 1.165) is 0 Å². The third-order valence-corrected chi connectivity index (χ3v) is 1.96. The molecular weight excluding hydrogens is 195 g/mol. The van der Waals surface area contributed by atoms with Crippen LogP contribution < -0.4 is 5.32 Å². The fourth-order valence-electron chi connectivity index (χ4n) is 1.03. The van der Waals surface area contributed by atoms with Gasteiger partial charge in [-0.15, -0.1) is 0 Å². The van der Waals surface area contributed by atoms with E-state index in [4.69, 9.17) is 5.26 Å². The molecule has 0 aliphatic rings. The van der Waals surface area contributed by atoms with Crippen molar-refractivity contribution in [1.29, 1.82) is 5.26 Å². The fraction of sp³-hybridized carbons (Fsp3) is 0.273. The van der Waals surface area contributed by atoms with E-state index in [2.05, 4.69) is 5.32 Å². The molecule has 15 heavy (non-hydrogen) atoms. The molecule has 78 valence electrons. The molecule has 0 saturated carbocycles. The van der Waals surface area contributed by atoms with Crippen molar-refractivity contribution in [3.8, 4) is 6.07 Å². The van der Waals surface area contributed by atoms with Crippen molar-refractivity contribution in [2.24, 2.45) is 5.92 Å². The minimum Gasteiger partial charge on any atom is -0.326 e. The third-order valence-electron chi connectivity index (χ3n) is 1.96. The van der Waals surface area contributed by atoms with Crippen molar-refractivity contribution in [2.45, 2.75) is 13.3 Å². The fourth-order valence-corrected chi connectivity index (χ4v) is 1.03. The van der Waals surface area contributed by atoms with Crippen LogP contribution in [0.4, 0.5) is 10.1 Å². The van der Waals surface area contributed by atoms with Crippen LogP contribution in [0.15, 0.2) is 24.3 Å². The minimum atomic E-state index is -0.361. The predicted molar refractivity (Wildman–Crippen MR) is 54.4 cm³/mol. The van der Waals surface area contributed by atoms with Crippen LogP contribution in [0.5, 0.6) is 0 Å². The van der Waals surface area contributed by atoms with Crippen LogP contribution in [0.3, 0.4) is 0 Å². The van der Waals surface area contributed by atoms with Crippen LogP contribution in [-0.2, 0) is 4.79 Å². The van der Waals surface area contributed by atoms with E-state index < -0.39 is 0 Å². The first-order valence-corrected chi connectivity index (χ1v) is 4.57. The second kappa shape index (κ2) is 5.11. The van der Waals surface area contributed by atoms with Crippen LogP contribution in [0.1, 0.15) is 13.3 Å². The van der Waals surface area contributed by atoms with Gasteiger partial charge in [0.15, 0.2) is 0 Å². The Hall–Kier alpha value is -1.89. The molecule has 1 N–H and O–H groups in total. The monoisotopic (exact) mass is 206 g/mol. The summed E-state index contributed by atoms with van der Waals surface area (Å²) in [5.74, 6) is -0.943. The first-order valence-electron chi connectivity index (χ1n) is 4.57. The lowest BCUT2D eigenvalue weighted by Crippen LogP contribution is -2.19. The van der Waals surface area contributed by atoms with E-state index >= 15 is 0 Å². The molecule has 1 aromatic rings. The van der Waals surface area contributed by atoms with Crippen LogP contribution in [0.25, 0.3) is 0 Å². The summed E-state index contributed by atoms with van der Waals surface area (Å²) in [5.41, 5.74) is 0.534. The van der Waals surface area contributed by atoms with Gasteiger partial charge in [0.2, 0.25) is 5.91 Å². The molecule has 1 amide bonds. The van der Waals surface area contributed by atoms with Gasteiger partial charge < -0.3 is 5.32 Å². The smallest absolute Gasteiger partial charge is 0.228 e. The number of carbonyl (C=O) groups is 1. The first kappa shape index (κ1) is 11.2. The van der Waals surface area contributed by atoms with Gasteiger partial charge in [-0.1, -0.05) is 6.92 Å². The molecule has 0 aliphatic heterocycles. The van der Waals surface area contributed by atoms with Gasteiger partial charge in [0.25, 0.3) is 0 Å². The Bertz CT molecular complexity index is 381. The lowest BCUT2D eigenvalue weighted by molar-refractivity contribution is -0.119. The molecule has 3 nitrogen and oxygen atoms in total. The number of hydrogen-bond donors (Lipinski definition) is 1. The molecule has 0 bridgehead atoms. The zero-order valence-corrected chi connectivity index (χ0v) is 8.33. The van der Waals surface area contributed by atoms with Gasteiger partial charge in [0.05, 0.1) is 6.07 Å². The second-order valence-electron chi connectivity index (χ2n) is 3.26. The van der Waals surface area contributed by atoms with Crippen molar-refractivity contribution in [2.75, 3.05) is 5.32 Å². The maximum absolute atomic E-state index is 12.5. The van der Waals surface area contributed by atoms with Crippen molar-refractivity contribution >= 4 is 11.6 Å². The van der Waals surface area contributed by atoms with Crippen LogP contribution in [0, 0.1) is 23.1 Å². The molecule has 4 heteroatoms. The van der Waals surface area contributed by atoms with Crippen molar-refractivity contribution < 1.29 is 9.18 Å². The van der Waals surface area contributed by atoms with Crippen LogP contribution in [-0.4, -0.2) is 5.91 Å². The number of nitriles is 1. The molecule has 0 fully saturated rings. The highest BCUT2D eigenvalue weighted by molar-refractivity contribution is 5.92. The number of carbonyl (C=O) groups excluding carboxylic acids is 1. The Kier molecular flexibility index (Phi) is 3.81. The molecule has 1 rings (SSSR count). The number of amides is 1. The van der Waals surface area contributed by atoms with E-state index in [1.165, 1.54) is 24.3 Å². The summed E-state index contributed by atoms with van der Waals surface area (Å²) >= 11 is 0. The number of benzene rings is 1. The highest BCUT2D eigenvalue weighted by Gasteiger charge is 2.11. The quantitative estimate of drug-likeness (QED) is 0.825. The molecule has 0 radical (unpaired) electrons. The number of nitrogens with one attached hydrogen (secondary N) is 1. The Morgan fingerprint density at radius 2 is 2.13 bits per heavy atom. The van der Waals surface area contributed by atoms with Gasteiger partial charge in [-0.3, -0.25) is 4.79 Å². The van der Waals surface area contributed by atoms with Gasteiger partial charge in [-0.2, -0.15) is 5.26 Å². The average molecular weight is 206 g/mol. The lowest BCUT2D eigenvalue weighted by atomic mass is 10.1. The number of nitrogens with zero attached hydrogens (tertiary/aromatic N) is 1. The summed E-state index contributed by atoms with van der Waals surface area (Å²) in [5, 5.41) is 11.0. The molecule has 1 unspecified atom stereocenters. The second-order valence-corrected chi connectivity index (χ2v) is 3.26. The highest BCUT2D eigenvalue weighted by Crippen LogP contribution is 2.11. The normalized spacial score (nSPS) is 11.5. The van der Waals surface area contributed by atoms with E-state index in [1.54, 1.807) is 6.92 Å². The van der Waals surface area contributed by atoms with Gasteiger partial charge in [0, 0.05) is 18.0 Å². The zero-order chi connectivity index (χ0) is 11.3. The summed E-state index contributed by atoms with van der Waals surface area (Å²) < 4.78 is 12.5. The molecule has 1 aromatic carbocycles. The van der Waals surface area contributed by atoms with Crippen LogP contribution >= 0.6 is 0 Å². The van der Waals surface area contributed by atoms with Gasteiger partial charge in [0.1, 0.15) is 5.82 Å². The van der Waals surface area contributed by atoms with Gasteiger partial charge in [-0.05, 0) is 24.3 Å². The Balaban J connectivity index is 2.59. The van der Waals surface area contributed by atoms with E-state index in [0.29, 0.717) is 5.69 Å². The number of anilines is 1. The largest absolute Gasteiger partial charge is 0.326 e. The Labute approximate surface area is 87.5 Å². The number of hydrogen-bond acceptors (Lipinski definition) is 2. The molecule has 0 aliphatic carbocycles. The van der Waals surface area contributed by atoms with Gasteiger partial charge in [-0.25, -0.2) is 4.39 Å². The van der Waals surface area contributed by atoms with Gasteiger partial charge >= 0.3 is 0 Å². The minimum absolute atomic E-state index is 0.174.